The van der Waals surface area contributed by atoms with E-state index in [4.69, 9.17) is 10.5 Å². The van der Waals surface area contributed by atoms with E-state index in [9.17, 15) is 4.79 Å². The first-order valence-electron chi connectivity index (χ1n) is 7.19. The zero-order valence-electron chi connectivity index (χ0n) is 12.6. The number of nitrogens with zero attached hydrogens (tertiary/aromatic N) is 1. The first-order chi connectivity index (χ1) is 9.95. The molecular formula is C16H20N2O2S. The molecule has 2 aromatic rings. The number of morpholine rings is 1. The summed E-state index contributed by atoms with van der Waals surface area (Å²) in [7, 11) is 0. The second kappa shape index (κ2) is 5.31. The number of rotatable bonds is 1. The molecule has 112 valence electrons. The maximum Gasteiger partial charge on any atom is 0.266 e. The van der Waals surface area contributed by atoms with Crippen molar-refractivity contribution in [2.75, 3.05) is 18.8 Å². The number of nitrogens with two attached hydrogens (primary N) is 1. The van der Waals surface area contributed by atoms with Crippen LogP contribution < -0.4 is 5.73 Å². The second-order valence-electron chi connectivity index (χ2n) is 5.81. The molecule has 2 unspecified atom stereocenters. The number of ether oxygens (including phenoxy) is 1. The van der Waals surface area contributed by atoms with E-state index in [2.05, 4.69) is 0 Å². The van der Waals surface area contributed by atoms with Crippen LogP contribution in [0.1, 0.15) is 29.1 Å². The van der Waals surface area contributed by atoms with Crippen LogP contribution in [-0.2, 0) is 4.74 Å². The molecule has 1 aromatic carbocycles. The van der Waals surface area contributed by atoms with Gasteiger partial charge < -0.3 is 15.4 Å². The number of anilines is 1. The van der Waals surface area contributed by atoms with Crippen molar-refractivity contribution in [2.45, 2.75) is 33.0 Å². The van der Waals surface area contributed by atoms with Crippen molar-refractivity contribution in [3.05, 3.63) is 28.6 Å². The molecule has 2 N–H and O–H groups in total. The summed E-state index contributed by atoms with van der Waals surface area (Å²) in [6, 6.07) is 6.13. The molecule has 2 atom stereocenters. The average molecular weight is 304 g/mol. The summed E-state index contributed by atoms with van der Waals surface area (Å²) in [5, 5.41) is 0.984. The SMILES string of the molecule is Cc1ccc2sc(C(=O)N3CC(C)OC(C)C3)c(N)c2c1. The second-order valence-corrected chi connectivity index (χ2v) is 6.86. The lowest BCUT2D eigenvalue weighted by Crippen LogP contribution is -2.48. The van der Waals surface area contributed by atoms with Crippen molar-refractivity contribution in [3.63, 3.8) is 0 Å². The number of hydrogen-bond donors (Lipinski definition) is 1. The van der Waals surface area contributed by atoms with Crippen molar-refractivity contribution < 1.29 is 9.53 Å². The fraction of sp³-hybridized carbons (Fsp3) is 0.438. The van der Waals surface area contributed by atoms with E-state index in [0.29, 0.717) is 23.7 Å². The molecule has 0 saturated carbocycles. The van der Waals surface area contributed by atoms with E-state index in [-0.39, 0.29) is 18.1 Å². The summed E-state index contributed by atoms with van der Waals surface area (Å²) in [6.07, 6.45) is 0.131. The molecule has 5 heteroatoms. The molecule has 4 nitrogen and oxygen atoms in total. The van der Waals surface area contributed by atoms with Gasteiger partial charge in [0, 0.05) is 23.2 Å². The summed E-state index contributed by atoms with van der Waals surface area (Å²) in [4.78, 5) is 15.3. The quantitative estimate of drug-likeness (QED) is 0.881. The van der Waals surface area contributed by atoms with Crippen molar-refractivity contribution in [2.24, 2.45) is 0 Å². The number of benzene rings is 1. The summed E-state index contributed by atoms with van der Waals surface area (Å²) in [5.41, 5.74) is 7.98. The van der Waals surface area contributed by atoms with E-state index >= 15 is 0 Å². The monoisotopic (exact) mass is 304 g/mol. The molecule has 0 aliphatic carbocycles. The van der Waals surface area contributed by atoms with Gasteiger partial charge in [-0.05, 0) is 32.9 Å². The largest absolute Gasteiger partial charge is 0.397 e. The Morgan fingerprint density at radius 3 is 2.67 bits per heavy atom. The third-order valence-corrected chi connectivity index (χ3v) is 4.96. The van der Waals surface area contributed by atoms with E-state index in [1.807, 2.05) is 43.9 Å². The van der Waals surface area contributed by atoms with Crippen LogP contribution in [0.15, 0.2) is 18.2 Å². The summed E-state index contributed by atoms with van der Waals surface area (Å²) in [6.45, 7) is 7.26. The molecule has 21 heavy (non-hydrogen) atoms. The van der Waals surface area contributed by atoms with Crippen molar-refractivity contribution in [1.82, 2.24) is 4.90 Å². The lowest BCUT2D eigenvalue weighted by molar-refractivity contribution is -0.0584. The Morgan fingerprint density at radius 2 is 2.00 bits per heavy atom. The van der Waals surface area contributed by atoms with Gasteiger partial charge in [-0.3, -0.25) is 4.79 Å². The van der Waals surface area contributed by atoms with Crippen molar-refractivity contribution in [3.8, 4) is 0 Å². The minimum atomic E-state index is 0.0216. The van der Waals surface area contributed by atoms with Gasteiger partial charge in [-0.25, -0.2) is 0 Å². The van der Waals surface area contributed by atoms with Crippen LogP contribution in [0.3, 0.4) is 0 Å². The van der Waals surface area contributed by atoms with Gasteiger partial charge in [0.25, 0.3) is 5.91 Å². The van der Waals surface area contributed by atoms with Gasteiger partial charge in [0.2, 0.25) is 0 Å². The Kier molecular flexibility index (Phi) is 3.63. The van der Waals surface area contributed by atoms with Crippen molar-refractivity contribution >= 4 is 33.0 Å². The van der Waals surface area contributed by atoms with Gasteiger partial charge in [0.15, 0.2) is 0 Å². The van der Waals surface area contributed by atoms with Crippen LogP contribution in [0.5, 0.6) is 0 Å². The van der Waals surface area contributed by atoms with Crippen LogP contribution in [0, 0.1) is 6.92 Å². The third kappa shape index (κ3) is 2.63. The highest BCUT2D eigenvalue weighted by Gasteiger charge is 2.29. The number of carbonyl (C=O) groups is 1. The maximum atomic E-state index is 12.8. The van der Waals surface area contributed by atoms with E-state index in [1.165, 1.54) is 11.3 Å². The van der Waals surface area contributed by atoms with Crippen LogP contribution >= 0.6 is 11.3 Å². The first kappa shape index (κ1) is 14.4. The number of amides is 1. The Bertz CT molecular complexity index is 685. The molecule has 2 heterocycles. The van der Waals surface area contributed by atoms with Crippen LogP contribution in [-0.4, -0.2) is 36.1 Å². The molecular weight excluding hydrogens is 284 g/mol. The Hall–Kier alpha value is -1.59. The highest BCUT2D eigenvalue weighted by atomic mass is 32.1. The Labute approximate surface area is 128 Å². The number of fused-ring (bicyclic) bond motifs is 1. The topological polar surface area (TPSA) is 55.6 Å². The van der Waals surface area contributed by atoms with Gasteiger partial charge in [-0.1, -0.05) is 11.6 Å². The fourth-order valence-electron chi connectivity index (χ4n) is 2.88. The van der Waals surface area contributed by atoms with E-state index < -0.39 is 0 Å². The smallest absolute Gasteiger partial charge is 0.266 e. The van der Waals surface area contributed by atoms with Gasteiger partial charge in [0.05, 0.1) is 17.9 Å². The van der Waals surface area contributed by atoms with Gasteiger partial charge in [0.1, 0.15) is 4.88 Å². The number of carbonyl (C=O) groups excluding carboxylic acids is 1. The standard InChI is InChI=1S/C16H20N2O2S/c1-9-4-5-13-12(6-9)14(17)15(21-13)16(19)18-7-10(2)20-11(3)8-18/h4-6,10-11H,7-8,17H2,1-3H3. The molecule has 0 bridgehead atoms. The Balaban J connectivity index is 1.96. The lowest BCUT2D eigenvalue weighted by Gasteiger charge is -2.35. The summed E-state index contributed by atoms with van der Waals surface area (Å²) in [5.74, 6) is 0.0216. The highest BCUT2D eigenvalue weighted by Crippen LogP contribution is 2.35. The lowest BCUT2D eigenvalue weighted by atomic mass is 10.1. The number of aryl methyl sites for hydroxylation is 1. The molecule has 0 radical (unpaired) electrons. The molecule has 1 aliphatic heterocycles. The van der Waals surface area contributed by atoms with Gasteiger partial charge in [-0.2, -0.15) is 0 Å². The minimum Gasteiger partial charge on any atom is -0.397 e. The molecule has 1 fully saturated rings. The minimum absolute atomic E-state index is 0.0216. The highest BCUT2D eigenvalue weighted by molar-refractivity contribution is 7.21. The van der Waals surface area contributed by atoms with E-state index in [0.717, 1.165) is 15.6 Å². The molecule has 1 saturated heterocycles. The summed E-state index contributed by atoms with van der Waals surface area (Å²) >= 11 is 1.48. The molecule has 1 aliphatic rings. The normalized spacial score (nSPS) is 22.7. The van der Waals surface area contributed by atoms with Crippen LogP contribution in [0.25, 0.3) is 10.1 Å². The Morgan fingerprint density at radius 1 is 1.33 bits per heavy atom. The predicted molar refractivity (Wildman–Crippen MR) is 86.9 cm³/mol. The average Bonchev–Trinajstić information content (AvgIpc) is 2.74. The molecule has 0 spiro atoms. The van der Waals surface area contributed by atoms with Crippen molar-refractivity contribution in [1.29, 1.82) is 0 Å². The molecule has 1 aromatic heterocycles. The fourth-order valence-corrected chi connectivity index (χ4v) is 3.95. The maximum absolute atomic E-state index is 12.8. The number of nitrogen functional groups attached to an aromatic ring is 1. The third-order valence-electron chi connectivity index (χ3n) is 3.78. The van der Waals surface area contributed by atoms with Crippen LogP contribution in [0.2, 0.25) is 0 Å². The first-order valence-corrected chi connectivity index (χ1v) is 8.00. The van der Waals surface area contributed by atoms with Crippen LogP contribution in [0.4, 0.5) is 5.69 Å². The molecule has 1 amide bonds. The predicted octanol–water partition coefficient (Wildman–Crippen LogP) is 3.04. The number of hydrogen-bond acceptors (Lipinski definition) is 4. The van der Waals surface area contributed by atoms with Gasteiger partial charge >= 0.3 is 0 Å². The molecule has 3 rings (SSSR count). The number of thiophene rings is 1. The van der Waals surface area contributed by atoms with E-state index in [1.54, 1.807) is 0 Å². The zero-order valence-corrected chi connectivity index (χ0v) is 13.4. The summed E-state index contributed by atoms with van der Waals surface area (Å²) < 4.78 is 6.75. The van der Waals surface area contributed by atoms with Gasteiger partial charge in [-0.15, -0.1) is 11.3 Å². The zero-order chi connectivity index (χ0) is 15.1.